The number of quaternary nitrogens is 1. The van der Waals surface area contributed by atoms with Gasteiger partial charge in [-0.05, 0) is 62.9 Å². The fourth-order valence-corrected chi connectivity index (χ4v) is 5.09. The van der Waals surface area contributed by atoms with Crippen LogP contribution in [0.25, 0.3) is 0 Å². The van der Waals surface area contributed by atoms with E-state index in [0.717, 1.165) is 30.3 Å². The summed E-state index contributed by atoms with van der Waals surface area (Å²) in [5.41, 5.74) is 3.71. The number of para-hydroxylation sites is 1. The van der Waals surface area contributed by atoms with Crippen LogP contribution in [0.15, 0.2) is 18.2 Å². The molecule has 1 aromatic rings. The zero-order chi connectivity index (χ0) is 18.5. The minimum atomic E-state index is 0.803. The standard InChI is InChI=1S/C22H35N3S/c1-17-9-8-10-18(2)21(17)23-22(26)25-15-13-20(14-16-25)24(3)19-11-6-4-5-7-12-19/h8-10,19-20H,4-7,11-16H2,1-3H3,(H,23,26)/p+1. The number of hydrogen-bond acceptors (Lipinski definition) is 1. The number of thiocarbonyl (C=S) groups is 1. The number of piperidine rings is 1. The van der Waals surface area contributed by atoms with Gasteiger partial charge in [-0.1, -0.05) is 31.0 Å². The van der Waals surface area contributed by atoms with Crippen molar-refractivity contribution < 1.29 is 4.90 Å². The minimum absolute atomic E-state index is 0.803. The van der Waals surface area contributed by atoms with Gasteiger partial charge in [-0.2, -0.15) is 0 Å². The van der Waals surface area contributed by atoms with Gasteiger partial charge in [-0.25, -0.2) is 0 Å². The fourth-order valence-electron chi connectivity index (χ4n) is 4.80. The Morgan fingerprint density at radius 2 is 1.50 bits per heavy atom. The summed E-state index contributed by atoms with van der Waals surface area (Å²) in [5.74, 6) is 0. The molecule has 1 aliphatic carbocycles. The molecule has 2 fully saturated rings. The lowest BCUT2D eigenvalue weighted by Crippen LogP contribution is -3.17. The molecule has 144 valence electrons. The molecule has 0 amide bonds. The van der Waals surface area contributed by atoms with Gasteiger partial charge in [0.1, 0.15) is 0 Å². The lowest BCUT2D eigenvalue weighted by molar-refractivity contribution is -0.933. The number of rotatable bonds is 3. The Kier molecular flexibility index (Phi) is 6.93. The van der Waals surface area contributed by atoms with E-state index in [4.69, 9.17) is 12.2 Å². The second-order valence-corrected chi connectivity index (χ2v) is 8.78. The first-order valence-electron chi connectivity index (χ1n) is 10.5. The Labute approximate surface area is 165 Å². The van der Waals surface area contributed by atoms with Crippen LogP contribution in [0.3, 0.4) is 0 Å². The van der Waals surface area contributed by atoms with Crippen molar-refractivity contribution in [3.05, 3.63) is 29.3 Å². The molecule has 2 N–H and O–H groups in total. The zero-order valence-electron chi connectivity index (χ0n) is 16.8. The van der Waals surface area contributed by atoms with Crippen LogP contribution in [0, 0.1) is 13.8 Å². The van der Waals surface area contributed by atoms with Crippen molar-refractivity contribution in [2.75, 3.05) is 25.5 Å². The Balaban J connectivity index is 1.52. The molecule has 1 unspecified atom stereocenters. The topological polar surface area (TPSA) is 19.7 Å². The highest BCUT2D eigenvalue weighted by atomic mass is 32.1. The summed E-state index contributed by atoms with van der Waals surface area (Å²) >= 11 is 5.73. The molecule has 0 spiro atoms. The van der Waals surface area contributed by atoms with Crippen molar-refractivity contribution in [2.45, 2.75) is 77.3 Å². The largest absolute Gasteiger partial charge is 0.349 e. The van der Waals surface area contributed by atoms with Gasteiger partial charge in [-0.3, -0.25) is 0 Å². The maximum Gasteiger partial charge on any atom is 0.173 e. The van der Waals surface area contributed by atoms with Gasteiger partial charge < -0.3 is 15.1 Å². The van der Waals surface area contributed by atoms with Crippen molar-refractivity contribution in [1.29, 1.82) is 0 Å². The normalized spacial score (nSPS) is 21.3. The number of anilines is 1. The average molecular weight is 375 g/mol. The first-order valence-corrected chi connectivity index (χ1v) is 10.9. The molecule has 4 heteroatoms. The predicted octanol–water partition coefficient (Wildman–Crippen LogP) is 3.70. The summed E-state index contributed by atoms with van der Waals surface area (Å²) in [6, 6.07) is 8.09. The van der Waals surface area contributed by atoms with E-state index >= 15 is 0 Å². The highest BCUT2D eigenvalue weighted by Crippen LogP contribution is 2.21. The van der Waals surface area contributed by atoms with Crippen LogP contribution in [0.5, 0.6) is 0 Å². The summed E-state index contributed by atoms with van der Waals surface area (Å²) in [7, 11) is 2.45. The fraction of sp³-hybridized carbons (Fsp3) is 0.682. The molecule has 1 aromatic carbocycles. The van der Waals surface area contributed by atoms with Crippen LogP contribution >= 0.6 is 12.2 Å². The van der Waals surface area contributed by atoms with Crippen molar-refractivity contribution in [1.82, 2.24) is 4.90 Å². The number of benzene rings is 1. The average Bonchev–Trinajstić information content (AvgIpc) is 2.94. The van der Waals surface area contributed by atoms with Crippen LogP contribution in [0.4, 0.5) is 5.69 Å². The van der Waals surface area contributed by atoms with E-state index in [1.54, 1.807) is 4.90 Å². The molecular weight excluding hydrogens is 338 g/mol. The van der Waals surface area contributed by atoms with Crippen molar-refractivity contribution in [3.63, 3.8) is 0 Å². The first-order chi connectivity index (χ1) is 12.6. The SMILES string of the molecule is Cc1cccc(C)c1NC(=S)N1CCC([NH+](C)C2CCCCCC2)CC1. The van der Waals surface area contributed by atoms with E-state index in [-0.39, 0.29) is 0 Å². The van der Waals surface area contributed by atoms with Gasteiger partial charge >= 0.3 is 0 Å². The van der Waals surface area contributed by atoms with Crippen LogP contribution < -0.4 is 10.2 Å². The van der Waals surface area contributed by atoms with Crippen LogP contribution in [0.1, 0.15) is 62.5 Å². The monoisotopic (exact) mass is 374 g/mol. The van der Waals surface area contributed by atoms with Gasteiger partial charge in [0.05, 0.1) is 19.1 Å². The molecule has 0 bridgehead atoms. The number of hydrogen-bond donors (Lipinski definition) is 2. The van der Waals surface area contributed by atoms with Gasteiger partial charge in [0.25, 0.3) is 0 Å². The molecule has 1 saturated carbocycles. The summed E-state index contributed by atoms with van der Waals surface area (Å²) in [6.45, 7) is 6.47. The van der Waals surface area contributed by atoms with E-state index in [2.05, 4.69) is 49.3 Å². The lowest BCUT2D eigenvalue weighted by Gasteiger charge is -2.38. The molecule has 0 radical (unpaired) electrons. The highest BCUT2D eigenvalue weighted by Gasteiger charge is 2.31. The molecule has 1 aliphatic heterocycles. The summed E-state index contributed by atoms with van der Waals surface area (Å²) in [6.07, 6.45) is 11.1. The number of nitrogens with zero attached hydrogens (tertiary/aromatic N) is 1. The minimum Gasteiger partial charge on any atom is -0.349 e. The van der Waals surface area contributed by atoms with Crippen molar-refractivity contribution >= 4 is 23.0 Å². The van der Waals surface area contributed by atoms with Crippen LogP contribution in [-0.4, -0.2) is 42.2 Å². The maximum atomic E-state index is 5.73. The third-order valence-electron chi connectivity index (χ3n) is 6.64. The Morgan fingerprint density at radius 3 is 2.08 bits per heavy atom. The van der Waals surface area contributed by atoms with E-state index in [1.807, 2.05) is 0 Å². The van der Waals surface area contributed by atoms with Crippen molar-refractivity contribution in [2.24, 2.45) is 0 Å². The van der Waals surface area contributed by atoms with Gasteiger partial charge in [-0.15, -0.1) is 0 Å². The molecule has 0 aromatic heterocycles. The Morgan fingerprint density at radius 1 is 0.962 bits per heavy atom. The number of aryl methyl sites for hydroxylation is 2. The number of nitrogens with one attached hydrogen (secondary N) is 2. The van der Waals surface area contributed by atoms with Gasteiger partial charge in [0.15, 0.2) is 5.11 Å². The van der Waals surface area contributed by atoms with Gasteiger partial charge in [0, 0.05) is 31.6 Å². The quantitative estimate of drug-likeness (QED) is 0.622. The molecular formula is C22H36N3S+. The van der Waals surface area contributed by atoms with Crippen molar-refractivity contribution in [3.8, 4) is 0 Å². The highest BCUT2D eigenvalue weighted by molar-refractivity contribution is 7.80. The second-order valence-electron chi connectivity index (χ2n) is 8.39. The second kappa shape index (κ2) is 9.18. The predicted molar refractivity (Wildman–Crippen MR) is 115 cm³/mol. The van der Waals surface area contributed by atoms with Crippen LogP contribution in [-0.2, 0) is 0 Å². The van der Waals surface area contributed by atoms with E-state index in [9.17, 15) is 0 Å². The maximum absolute atomic E-state index is 5.73. The molecule has 3 rings (SSSR count). The Hall–Kier alpha value is -1.13. The molecule has 2 aliphatic rings. The third kappa shape index (κ3) is 4.77. The molecule has 3 nitrogen and oxygen atoms in total. The Bertz CT molecular complexity index is 579. The smallest absolute Gasteiger partial charge is 0.173 e. The van der Waals surface area contributed by atoms with E-state index < -0.39 is 0 Å². The summed E-state index contributed by atoms with van der Waals surface area (Å²) in [4.78, 5) is 4.16. The van der Waals surface area contributed by atoms with Gasteiger partial charge in [0.2, 0.25) is 0 Å². The molecule has 26 heavy (non-hydrogen) atoms. The first kappa shape index (κ1) is 19.6. The molecule has 1 atom stereocenters. The number of likely N-dealkylation sites (tertiary alicyclic amines) is 1. The van der Waals surface area contributed by atoms with Crippen LogP contribution in [0.2, 0.25) is 0 Å². The summed E-state index contributed by atoms with van der Waals surface area (Å²) in [5, 5.41) is 4.41. The van der Waals surface area contributed by atoms with E-state index in [1.165, 1.54) is 68.2 Å². The zero-order valence-corrected chi connectivity index (χ0v) is 17.6. The molecule has 1 saturated heterocycles. The van der Waals surface area contributed by atoms with E-state index in [0.29, 0.717) is 0 Å². The lowest BCUT2D eigenvalue weighted by atomic mass is 9.99. The third-order valence-corrected chi connectivity index (χ3v) is 7.00. The molecule has 1 heterocycles. The summed E-state index contributed by atoms with van der Waals surface area (Å²) < 4.78 is 0.